The number of amides is 1. The molecule has 3 rings (SSSR count). The third kappa shape index (κ3) is 2.32. The van der Waals surface area contributed by atoms with Gasteiger partial charge in [0.25, 0.3) is 5.91 Å². The third-order valence-electron chi connectivity index (χ3n) is 3.80. The third-order valence-corrected chi connectivity index (χ3v) is 3.80. The largest absolute Gasteiger partial charge is 0.383 e. The van der Waals surface area contributed by atoms with Gasteiger partial charge in [-0.3, -0.25) is 4.79 Å². The monoisotopic (exact) mass is 270 g/mol. The van der Waals surface area contributed by atoms with Gasteiger partial charge < -0.3 is 16.0 Å². The first-order valence-corrected chi connectivity index (χ1v) is 6.78. The van der Waals surface area contributed by atoms with Gasteiger partial charge in [0.05, 0.1) is 5.56 Å². The highest BCUT2D eigenvalue weighted by atomic mass is 16.1. The molecule has 1 saturated heterocycles. The highest BCUT2D eigenvalue weighted by molar-refractivity contribution is 6.09. The van der Waals surface area contributed by atoms with E-state index in [1.165, 1.54) is 0 Å². The SMILES string of the molecule is CN1CCC(NC(=O)c2cnc(N)c3ccccc23)C1. The van der Waals surface area contributed by atoms with E-state index in [1.54, 1.807) is 6.20 Å². The molecular weight excluding hydrogens is 252 g/mol. The van der Waals surface area contributed by atoms with Crippen molar-refractivity contribution in [3.8, 4) is 0 Å². The average molecular weight is 270 g/mol. The lowest BCUT2D eigenvalue weighted by atomic mass is 10.1. The zero-order valence-electron chi connectivity index (χ0n) is 11.5. The molecule has 1 aromatic heterocycles. The zero-order valence-corrected chi connectivity index (χ0v) is 11.5. The summed E-state index contributed by atoms with van der Waals surface area (Å²) in [5.41, 5.74) is 6.44. The van der Waals surface area contributed by atoms with Crippen molar-refractivity contribution in [3.63, 3.8) is 0 Å². The fraction of sp³-hybridized carbons (Fsp3) is 0.333. The van der Waals surface area contributed by atoms with Crippen molar-refractivity contribution in [1.82, 2.24) is 15.2 Å². The van der Waals surface area contributed by atoms with E-state index in [1.807, 2.05) is 24.3 Å². The Balaban J connectivity index is 1.90. The summed E-state index contributed by atoms with van der Waals surface area (Å²) >= 11 is 0. The second kappa shape index (κ2) is 5.09. The lowest BCUT2D eigenvalue weighted by Gasteiger charge is -2.14. The minimum atomic E-state index is -0.0750. The van der Waals surface area contributed by atoms with Gasteiger partial charge in [-0.2, -0.15) is 0 Å². The van der Waals surface area contributed by atoms with E-state index in [2.05, 4.69) is 22.2 Å². The highest BCUT2D eigenvalue weighted by Crippen LogP contribution is 2.22. The van der Waals surface area contributed by atoms with E-state index in [0.717, 1.165) is 30.3 Å². The van der Waals surface area contributed by atoms with Crippen LogP contribution in [-0.2, 0) is 0 Å². The fourth-order valence-electron chi connectivity index (χ4n) is 2.71. The number of fused-ring (bicyclic) bond motifs is 1. The van der Waals surface area contributed by atoms with E-state index >= 15 is 0 Å². The van der Waals surface area contributed by atoms with Crippen molar-refractivity contribution in [3.05, 3.63) is 36.0 Å². The van der Waals surface area contributed by atoms with Crippen LogP contribution in [0.3, 0.4) is 0 Å². The summed E-state index contributed by atoms with van der Waals surface area (Å²) < 4.78 is 0. The minimum absolute atomic E-state index is 0.0750. The van der Waals surface area contributed by atoms with Crippen LogP contribution < -0.4 is 11.1 Å². The maximum Gasteiger partial charge on any atom is 0.253 e. The number of benzene rings is 1. The number of aromatic nitrogens is 1. The van der Waals surface area contributed by atoms with Crippen LogP contribution in [0.2, 0.25) is 0 Å². The number of nitrogen functional groups attached to an aromatic ring is 1. The molecule has 0 bridgehead atoms. The molecule has 1 fully saturated rings. The number of hydrogen-bond donors (Lipinski definition) is 2. The van der Waals surface area contributed by atoms with Gasteiger partial charge >= 0.3 is 0 Å². The summed E-state index contributed by atoms with van der Waals surface area (Å²) in [4.78, 5) is 18.8. The first-order valence-electron chi connectivity index (χ1n) is 6.78. The summed E-state index contributed by atoms with van der Waals surface area (Å²) in [6.07, 6.45) is 2.55. The molecule has 0 saturated carbocycles. The van der Waals surface area contributed by atoms with Gasteiger partial charge in [0.2, 0.25) is 0 Å². The van der Waals surface area contributed by atoms with Crippen molar-refractivity contribution < 1.29 is 4.79 Å². The Hall–Kier alpha value is -2.14. The number of pyridine rings is 1. The van der Waals surface area contributed by atoms with E-state index in [4.69, 9.17) is 5.73 Å². The summed E-state index contributed by atoms with van der Waals surface area (Å²) in [7, 11) is 2.06. The van der Waals surface area contributed by atoms with E-state index in [9.17, 15) is 4.79 Å². The number of anilines is 1. The molecule has 104 valence electrons. The lowest BCUT2D eigenvalue weighted by Crippen LogP contribution is -2.36. The summed E-state index contributed by atoms with van der Waals surface area (Å²) in [5, 5.41) is 4.75. The van der Waals surface area contributed by atoms with Crippen LogP contribution in [-0.4, -0.2) is 42.0 Å². The second-order valence-corrected chi connectivity index (χ2v) is 5.32. The number of carbonyl (C=O) groups excluding carboxylic acids is 1. The van der Waals surface area contributed by atoms with Gasteiger partial charge in [-0.05, 0) is 25.4 Å². The number of hydrogen-bond acceptors (Lipinski definition) is 4. The van der Waals surface area contributed by atoms with Crippen LogP contribution in [0.4, 0.5) is 5.82 Å². The Bertz CT molecular complexity index is 655. The molecule has 3 N–H and O–H groups in total. The Morgan fingerprint density at radius 3 is 2.85 bits per heavy atom. The quantitative estimate of drug-likeness (QED) is 0.861. The topological polar surface area (TPSA) is 71.2 Å². The molecule has 5 nitrogen and oxygen atoms in total. The molecule has 5 heteroatoms. The molecule has 0 aliphatic carbocycles. The molecule has 1 aliphatic heterocycles. The van der Waals surface area contributed by atoms with Crippen LogP contribution in [0, 0.1) is 0 Å². The number of likely N-dealkylation sites (N-methyl/N-ethyl adjacent to an activating group) is 1. The predicted molar refractivity (Wildman–Crippen MR) is 79.5 cm³/mol. The Kier molecular flexibility index (Phi) is 3.28. The van der Waals surface area contributed by atoms with Crippen LogP contribution >= 0.6 is 0 Å². The zero-order chi connectivity index (χ0) is 14.1. The van der Waals surface area contributed by atoms with E-state index in [0.29, 0.717) is 11.4 Å². The number of likely N-dealkylation sites (tertiary alicyclic amines) is 1. The van der Waals surface area contributed by atoms with Gasteiger partial charge in [0, 0.05) is 24.2 Å². The standard InChI is InChI=1S/C15H18N4O/c1-19-7-6-10(9-19)18-15(20)13-8-17-14(16)12-5-3-2-4-11(12)13/h2-5,8,10H,6-7,9H2,1H3,(H2,16,17)(H,18,20). The molecule has 0 radical (unpaired) electrons. The fourth-order valence-corrected chi connectivity index (χ4v) is 2.71. The number of nitrogens with two attached hydrogens (primary N) is 1. The minimum Gasteiger partial charge on any atom is -0.383 e. The summed E-state index contributed by atoms with van der Waals surface area (Å²) in [6.45, 7) is 1.91. The Labute approximate surface area is 117 Å². The van der Waals surface area contributed by atoms with Gasteiger partial charge in [-0.25, -0.2) is 4.98 Å². The average Bonchev–Trinajstić information content (AvgIpc) is 2.84. The Morgan fingerprint density at radius 1 is 1.40 bits per heavy atom. The predicted octanol–water partition coefficient (Wildman–Crippen LogP) is 1.25. The van der Waals surface area contributed by atoms with Crippen molar-refractivity contribution in [2.45, 2.75) is 12.5 Å². The first kappa shape index (κ1) is 12.9. The normalized spacial score (nSPS) is 19.4. The van der Waals surface area contributed by atoms with Gasteiger partial charge in [-0.15, -0.1) is 0 Å². The van der Waals surface area contributed by atoms with Crippen LogP contribution in [0.25, 0.3) is 10.8 Å². The second-order valence-electron chi connectivity index (χ2n) is 5.32. The maximum atomic E-state index is 12.4. The van der Waals surface area contributed by atoms with Crippen molar-refractivity contribution >= 4 is 22.5 Å². The van der Waals surface area contributed by atoms with Crippen LogP contribution in [0.5, 0.6) is 0 Å². The molecule has 0 spiro atoms. The maximum absolute atomic E-state index is 12.4. The molecule has 1 amide bonds. The number of carbonyl (C=O) groups is 1. The molecule has 1 atom stereocenters. The summed E-state index contributed by atoms with van der Waals surface area (Å²) in [5.74, 6) is 0.381. The molecule has 1 aliphatic rings. The molecule has 20 heavy (non-hydrogen) atoms. The van der Waals surface area contributed by atoms with Crippen LogP contribution in [0.1, 0.15) is 16.8 Å². The van der Waals surface area contributed by atoms with Gasteiger partial charge in [0.15, 0.2) is 0 Å². The van der Waals surface area contributed by atoms with Gasteiger partial charge in [-0.1, -0.05) is 24.3 Å². The summed E-state index contributed by atoms with van der Waals surface area (Å²) in [6, 6.07) is 7.81. The molecule has 1 unspecified atom stereocenters. The van der Waals surface area contributed by atoms with E-state index < -0.39 is 0 Å². The van der Waals surface area contributed by atoms with Crippen molar-refractivity contribution in [2.24, 2.45) is 0 Å². The number of rotatable bonds is 2. The lowest BCUT2D eigenvalue weighted by molar-refractivity contribution is 0.0940. The van der Waals surface area contributed by atoms with Crippen molar-refractivity contribution in [2.75, 3.05) is 25.9 Å². The van der Waals surface area contributed by atoms with Crippen molar-refractivity contribution in [1.29, 1.82) is 0 Å². The van der Waals surface area contributed by atoms with E-state index in [-0.39, 0.29) is 11.9 Å². The first-order chi connectivity index (χ1) is 9.65. The molecule has 1 aromatic carbocycles. The number of nitrogens with one attached hydrogen (secondary N) is 1. The molecule has 2 aromatic rings. The molecular formula is C15H18N4O. The van der Waals surface area contributed by atoms with Crippen LogP contribution in [0.15, 0.2) is 30.5 Å². The number of nitrogens with zero attached hydrogens (tertiary/aromatic N) is 2. The Morgan fingerprint density at radius 2 is 2.15 bits per heavy atom. The van der Waals surface area contributed by atoms with Gasteiger partial charge in [0.1, 0.15) is 5.82 Å². The highest BCUT2D eigenvalue weighted by Gasteiger charge is 2.22. The smallest absolute Gasteiger partial charge is 0.253 e. The molecule has 2 heterocycles.